The van der Waals surface area contributed by atoms with Gasteiger partial charge in [0.2, 0.25) is 0 Å². The molecule has 1 aromatic heterocycles. The van der Waals surface area contributed by atoms with Crippen molar-refractivity contribution in [2.75, 3.05) is 19.6 Å². The Morgan fingerprint density at radius 1 is 1.18 bits per heavy atom. The number of nitrogens with zero attached hydrogens (tertiary/aromatic N) is 6. The van der Waals surface area contributed by atoms with E-state index in [1.54, 1.807) is 29.0 Å². The van der Waals surface area contributed by atoms with E-state index < -0.39 is 0 Å². The van der Waals surface area contributed by atoms with Gasteiger partial charge in [0.25, 0.3) is 0 Å². The Balaban J connectivity index is 1.40. The quantitative estimate of drug-likeness (QED) is 0.389. The maximum atomic E-state index is 13.1. The molecule has 0 N–H and O–H groups in total. The van der Waals surface area contributed by atoms with E-state index in [1.807, 2.05) is 25.3 Å². The van der Waals surface area contributed by atoms with Gasteiger partial charge >= 0.3 is 0 Å². The number of halogens is 2. The summed E-state index contributed by atoms with van der Waals surface area (Å²) in [7, 11) is 0. The molecule has 172 valence electrons. The fourth-order valence-electron chi connectivity index (χ4n) is 4.00. The maximum Gasteiger partial charge on any atom is 0.187 e. The van der Waals surface area contributed by atoms with Crippen LogP contribution < -0.4 is 0 Å². The normalized spacial score (nSPS) is 17.1. The van der Waals surface area contributed by atoms with E-state index in [4.69, 9.17) is 11.6 Å². The second-order valence-corrected chi connectivity index (χ2v) is 8.75. The van der Waals surface area contributed by atoms with Gasteiger partial charge in [0.1, 0.15) is 11.6 Å². The first-order valence-electron chi connectivity index (χ1n) is 10.9. The standard InChI is InChI=1S/C24H26ClFN6O/c1-17-14-30(15-19-3-6-22(26)7-4-19)11-12-31(17)10-9-24(33)23-8-5-21(25)13-20(23)16-32-18(2)27-28-29-32/h3-10,13,17H,11-12,14-16H2,1-2H3/t17-/m1/s1. The van der Waals surface area contributed by atoms with E-state index in [0.717, 1.165) is 37.3 Å². The summed E-state index contributed by atoms with van der Waals surface area (Å²) in [5, 5.41) is 12.1. The van der Waals surface area contributed by atoms with Crippen molar-refractivity contribution in [3.05, 3.63) is 88.1 Å². The van der Waals surface area contributed by atoms with Crippen molar-refractivity contribution in [1.82, 2.24) is 30.0 Å². The molecule has 1 fully saturated rings. The third-order valence-corrected chi connectivity index (χ3v) is 6.10. The molecule has 0 aliphatic carbocycles. The van der Waals surface area contributed by atoms with Gasteiger partial charge in [-0.05, 0) is 65.7 Å². The van der Waals surface area contributed by atoms with Gasteiger partial charge in [-0.1, -0.05) is 23.7 Å². The number of benzene rings is 2. The topological polar surface area (TPSA) is 67.2 Å². The van der Waals surface area contributed by atoms with Crippen LogP contribution in [0, 0.1) is 12.7 Å². The van der Waals surface area contributed by atoms with Crippen molar-refractivity contribution >= 4 is 17.4 Å². The summed E-state index contributed by atoms with van der Waals surface area (Å²) in [6.07, 6.45) is 3.49. The lowest BCUT2D eigenvalue weighted by molar-refractivity contribution is 0.102. The second-order valence-electron chi connectivity index (χ2n) is 8.31. The Morgan fingerprint density at radius 3 is 2.67 bits per heavy atom. The second kappa shape index (κ2) is 10.2. The molecule has 1 atom stereocenters. The predicted octanol–water partition coefficient (Wildman–Crippen LogP) is 3.73. The highest BCUT2D eigenvalue weighted by Gasteiger charge is 2.22. The van der Waals surface area contributed by atoms with E-state index >= 15 is 0 Å². The Hall–Kier alpha value is -3.10. The van der Waals surface area contributed by atoms with Gasteiger partial charge in [-0.2, -0.15) is 0 Å². The molecule has 3 aromatic rings. The summed E-state index contributed by atoms with van der Waals surface area (Å²) in [4.78, 5) is 17.5. The molecule has 0 spiro atoms. The van der Waals surface area contributed by atoms with Crippen LogP contribution in [0.5, 0.6) is 0 Å². The number of aryl methyl sites for hydroxylation is 1. The Kier molecular flexibility index (Phi) is 7.15. The molecule has 0 amide bonds. The monoisotopic (exact) mass is 468 g/mol. The number of piperazine rings is 1. The summed E-state index contributed by atoms with van der Waals surface area (Å²) in [6.45, 7) is 7.64. The Morgan fingerprint density at radius 2 is 1.97 bits per heavy atom. The molecule has 7 nitrogen and oxygen atoms in total. The highest BCUT2D eigenvalue weighted by atomic mass is 35.5. The zero-order valence-electron chi connectivity index (χ0n) is 18.7. The van der Waals surface area contributed by atoms with Crippen LogP contribution in [0.1, 0.15) is 34.2 Å². The van der Waals surface area contributed by atoms with Crippen molar-refractivity contribution in [1.29, 1.82) is 0 Å². The van der Waals surface area contributed by atoms with Crippen LogP contribution in [0.15, 0.2) is 54.7 Å². The number of hydrogen-bond acceptors (Lipinski definition) is 6. The zero-order valence-corrected chi connectivity index (χ0v) is 19.4. The number of tetrazole rings is 1. The summed E-state index contributed by atoms with van der Waals surface area (Å²) in [5.74, 6) is 0.355. The zero-order chi connectivity index (χ0) is 23.4. The number of hydrogen-bond donors (Lipinski definition) is 0. The molecule has 0 radical (unpaired) electrons. The predicted molar refractivity (Wildman–Crippen MR) is 124 cm³/mol. The first-order valence-corrected chi connectivity index (χ1v) is 11.2. The van der Waals surface area contributed by atoms with Crippen molar-refractivity contribution in [2.24, 2.45) is 0 Å². The van der Waals surface area contributed by atoms with Crippen molar-refractivity contribution in [3.63, 3.8) is 0 Å². The minimum atomic E-state index is -0.219. The lowest BCUT2D eigenvalue weighted by atomic mass is 10.0. The molecule has 9 heteroatoms. The lowest BCUT2D eigenvalue weighted by Gasteiger charge is -2.39. The fourth-order valence-corrected chi connectivity index (χ4v) is 4.20. The largest absolute Gasteiger partial charge is 0.372 e. The van der Waals surface area contributed by atoms with Crippen LogP contribution in [-0.4, -0.2) is 61.5 Å². The van der Waals surface area contributed by atoms with E-state index in [1.165, 1.54) is 12.1 Å². The van der Waals surface area contributed by atoms with Gasteiger partial charge in [0.15, 0.2) is 5.78 Å². The first-order chi connectivity index (χ1) is 15.9. The van der Waals surface area contributed by atoms with Gasteiger partial charge < -0.3 is 4.90 Å². The van der Waals surface area contributed by atoms with Crippen LogP contribution in [0.2, 0.25) is 5.02 Å². The highest BCUT2D eigenvalue weighted by molar-refractivity contribution is 6.30. The molecule has 1 aliphatic rings. The molecule has 1 aliphatic heterocycles. The average Bonchev–Trinajstić information content (AvgIpc) is 3.19. The minimum absolute atomic E-state index is 0.0895. The van der Waals surface area contributed by atoms with Crippen LogP contribution in [0.3, 0.4) is 0 Å². The number of carbonyl (C=O) groups is 1. The number of aromatic nitrogens is 4. The number of carbonyl (C=O) groups excluding carboxylic acids is 1. The molecule has 0 bridgehead atoms. The maximum absolute atomic E-state index is 13.1. The van der Waals surface area contributed by atoms with Crippen molar-refractivity contribution in [2.45, 2.75) is 33.0 Å². The molecule has 2 heterocycles. The molecular formula is C24H26ClFN6O. The number of ketones is 1. The highest BCUT2D eigenvalue weighted by Crippen LogP contribution is 2.19. The molecule has 0 unspecified atom stereocenters. The van der Waals surface area contributed by atoms with Gasteiger partial charge in [-0.25, -0.2) is 9.07 Å². The van der Waals surface area contributed by atoms with Gasteiger partial charge in [0, 0.05) is 55.1 Å². The molecular weight excluding hydrogens is 443 g/mol. The Labute approximate surface area is 197 Å². The van der Waals surface area contributed by atoms with Crippen LogP contribution in [-0.2, 0) is 13.1 Å². The van der Waals surface area contributed by atoms with Crippen LogP contribution >= 0.6 is 11.6 Å². The molecule has 2 aromatic carbocycles. The van der Waals surface area contributed by atoms with Crippen LogP contribution in [0.25, 0.3) is 0 Å². The third kappa shape index (κ3) is 5.83. The summed E-state index contributed by atoms with van der Waals surface area (Å²) < 4.78 is 14.8. The number of allylic oxidation sites excluding steroid dienone is 1. The van der Waals surface area contributed by atoms with Crippen molar-refractivity contribution in [3.8, 4) is 0 Å². The van der Waals surface area contributed by atoms with Gasteiger partial charge in [-0.15, -0.1) is 5.10 Å². The SMILES string of the molecule is Cc1nnnn1Cc1cc(Cl)ccc1C(=O)C=CN1CCN(Cc2ccc(F)cc2)C[C@H]1C. The van der Waals surface area contributed by atoms with E-state index in [2.05, 4.69) is 32.2 Å². The number of rotatable bonds is 7. The van der Waals surface area contributed by atoms with E-state index in [0.29, 0.717) is 23.0 Å². The molecule has 1 saturated heterocycles. The summed E-state index contributed by atoms with van der Waals surface area (Å²) in [5.41, 5.74) is 2.44. The van der Waals surface area contributed by atoms with Crippen molar-refractivity contribution < 1.29 is 9.18 Å². The van der Waals surface area contributed by atoms with Crippen LogP contribution in [0.4, 0.5) is 4.39 Å². The van der Waals surface area contributed by atoms with E-state index in [-0.39, 0.29) is 17.6 Å². The third-order valence-electron chi connectivity index (χ3n) is 5.86. The molecule has 0 saturated carbocycles. The smallest absolute Gasteiger partial charge is 0.187 e. The first kappa shape index (κ1) is 23.1. The lowest BCUT2D eigenvalue weighted by Crippen LogP contribution is -2.49. The molecule has 4 rings (SSSR count). The minimum Gasteiger partial charge on any atom is -0.372 e. The fraction of sp³-hybridized carbons (Fsp3) is 0.333. The van der Waals surface area contributed by atoms with Gasteiger partial charge in [0.05, 0.1) is 6.54 Å². The van der Waals surface area contributed by atoms with E-state index in [9.17, 15) is 9.18 Å². The summed E-state index contributed by atoms with van der Waals surface area (Å²) in [6, 6.07) is 12.1. The Bertz CT molecular complexity index is 1150. The van der Waals surface area contributed by atoms with Gasteiger partial charge in [-0.3, -0.25) is 9.69 Å². The summed E-state index contributed by atoms with van der Waals surface area (Å²) >= 11 is 6.18. The molecule has 33 heavy (non-hydrogen) atoms. The average molecular weight is 469 g/mol.